The molecule has 2 heterocycles. The number of anilines is 2. The SMILES string of the molecule is Nc1cc(N)nc(SCc2ccnc(C(=O)O)c2)n1. The first-order valence-corrected chi connectivity index (χ1v) is 6.24. The molecule has 8 heteroatoms. The summed E-state index contributed by atoms with van der Waals surface area (Å²) in [5.74, 6) is 0.0503. The molecular weight excluding hydrogens is 266 g/mol. The van der Waals surface area contributed by atoms with E-state index in [2.05, 4.69) is 15.0 Å². The van der Waals surface area contributed by atoms with Crippen LogP contribution in [0.15, 0.2) is 29.6 Å². The lowest BCUT2D eigenvalue weighted by Gasteiger charge is -2.03. The lowest BCUT2D eigenvalue weighted by molar-refractivity contribution is 0.0690. The molecule has 19 heavy (non-hydrogen) atoms. The molecule has 0 fully saturated rings. The number of carboxylic acids is 1. The fourth-order valence-electron chi connectivity index (χ4n) is 1.36. The lowest BCUT2D eigenvalue weighted by Crippen LogP contribution is -2.01. The second-order valence-electron chi connectivity index (χ2n) is 3.64. The van der Waals surface area contributed by atoms with E-state index in [4.69, 9.17) is 16.6 Å². The Bertz CT molecular complexity index is 600. The number of aromatic nitrogens is 3. The van der Waals surface area contributed by atoms with Gasteiger partial charge in [0, 0.05) is 18.0 Å². The van der Waals surface area contributed by atoms with E-state index in [1.807, 2.05) is 0 Å². The highest BCUT2D eigenvalue weighted by molar-refractivity contribution is 7.98. The zero-order chi connectivity index (χ0) is 13.8. The molecule has 0 unspecified atom stereocenters. The summed E-state index contributed by atoms with van der Waals surface area (Å²) in [5, 5.41) is 9.29. The maximum atomic E-state index is 10.8. The summed E-state index contributed by atoms with van der Waals surface area (Å²) >= 11 is 1.32. The molecule has 0 bridgehead atoms. The van der Waals surface area contributed by atoms with Crippen molar-refractivity contribution in [2.24, 2.45) is 0 Å². The number of nitrogen functional groups attached to an aromatic ring is 2. The zero-order valence-electron chi connectivity index (χ0n) is 9.78. The van der Waals surface area contributed by atoms with Gasteiger partial charge in [0.25, 0.3) is 0 Å². The van der Waals surface area contributed by atoms with Crippen LogP contribution in [0.25, 0.3) is 0 Å². The van der Waals surface area contributed by atoms with E-state index in [0.717, 1.165) is 5.56 Å². The van der Waals surface area contributed by atoms with Crippen LogP contribution in [-0.2, 0) is 5.75 Å². The van der Waals surface area contributed by atoms with Crippen LogP contribution < -0.4 is 11.5 Å². The first kappa shape index (κ1) is 13.1. The second-order valence-corrected chi connectivity index (χ2v) is 4.59. The average Bonchev–Trinajstić information content (AvgIpc) is 2.35. The van der Waals surface area contributed by atoms with Gasteiger partial charge in [-0.25, -0.2) is 19.7 Å². The molecule has 0 saturated heterocycles. The Morgan fingerprint density at radius 2 is 1.95 bits per heavy atom. The minimum Gasteiger partial charge on any atom is -0.477 e. The van der Waals surface area contributed by atoms with E-state index in [-0.39, 0.29) is 5.69 Å². The van der Waals surface area contributed by atoms with E-state index < -0.39 is 5.97 Å². The van der Waals surface area contributed by atoms with Gasteiger partial charge in [0.2, 0.25) is 0 Å². The van der Waals surface area contributed by atoms with Crippen LogP contribution in [0.5, 0.6) is 0 Å². The summed E-state index contributed by atoms with van der Waals surface area (Å²) in [7, 11) is 0. The standard InChI is InChI=1S/C11H11N5O2S/c12-8-4-9(13)16-11(15-8)19-5-6-1-2-14-7(3-6)10(17)18/h1-4H,5H2,(H,17,18)(H4,12,13,15,16). The van der Waals surface area contributed by atoms with Crippen molar-refractivity contribution in [1.29, 1.82) is 0 Å². The Balaban J connectivity index is 2.10. The van der Waals surface area contributed by atoms with E-state index >= 15 is 0 Å². The largest absolute Gasteiger partial charge is 0.477 e. The highest BCUT2D eigenvalue weighted by atomic mass is 32.2. The van der Waals surface area contributed by atoms with Crippen molar-refractivity contribution >= 4 is 29.4 Å². The number of carbonyl (C=O) groups is 1. The van der Waals surface area contributed by atoms with Gasteiger partial charge in [-0.3, -0.25) is 0 Å². The first-order chi connectivity index (χ1) is 9.04. The highest BCUT2D eigenvalue weighted by Crippen LogP contribution is 2.21. The molecule has 0 aliphatic heterocycles. The third-order valence-electron chi connectivity index (χ3n) is 2.16. The van der Waals surface area contributed by atoms with Crippen molar-refractivity contribution in [3.63, 3.8) is 0 Å². The monoisotopic (exact) mass is 277 g/mol. The number of aromatic carboxylic acids is 1. The van der Waals surface area contributed by atoms with Crippen molar-refractivity contribution in [2.75, 3.05) is 11.5 Å². The Morgan fingerprint density at radius 3 is 2.58 bits per heavy atom. The van der Waals surface area contributed by atoms with Crippen molar-refractivity contribution in [3.8, 4) is 0 Å². The van der Waals surface area contributed by atoms with Gasteiger partial charge in [-0.05, 0) is 17.7 Å². The smallest absolute Gasteiger partial charge is 0.354 e. The Labute approximate surface area is 113 Å². The third-order valence-corrected chi connectivity index (χ3v) is 3.08. The van der Waals surface area contributed by atoms with Crippen molar-refractivity contribution in [1.82, 2.24) is 15.0 Å². The quantitative estimate of drug-likeness (QED) is 0.558. The molecule has 98 valence electrons. The summed E-state index contributed by atoms with van der Waals surface area (Å²) in [4.78, 5) is 22.6. The molecule has 2 aromatic heterocycles. The topological polar surface area (TPSA) is 128 Å². The first-order valence-electron chi connectivity index (χ1n) is 5.25. The van der Waals surface area contributed by atoms with Gasteiger partial charge in [-0.15, -0.1) is 0 Å². The minimum atomic E-state index is -1.06. The Kier molecular flexibility index (Phi) is 3.81. The minimum absolute atomic E-state index is 0.00566. The number of carboxylic acid groups (broad SMARTS) is 1. The molecule has 0 spiro atoms. The number of nitrogens with two attached hydrogens (primary N) is 2. The average molecular weight is 277 g/mol. The summed E-state index contributed by atoms with van der Waals surface area (Å²) in [6.07, 6.45) is 1.45. The Hall–Kier alpha value is -2.35. The third kappa shape index (κ3) is 3.55. The molecule has 2 aromatic rings. The highest BCUT2D eigenvalue weighted by Gasteiger charge is 2.07. The van der Waals surface area contributed by atoms with Crippen LogP contribution in [0, 0.1) is 0 Å². The maximum Gasteiger partial charge on any atom is 0.354 e. The van der Waals surface area contributed by atoms with Crippen molar-refractivity contribution < 1.29 is 9.90 Å². The van der Waals surface area contributed by atoms with Crippen LogP contribution in [0.2, 0.25) is 0 Å². The fourth-order valence-corrected chi connectivity index (χ4v) is 2.17. The number of nitrogens with zero attached hydrogens (tertiary/aromatic N) is 3. The predicted octanol–water partition coefficient (Wildman–Crippen LogP) is 1.03. The molecule has 5 N–H and O–H groups in total. The van der Waals surface area contributed by atoms with Gasteiger partial charge in [-0.1, -0.05) is 11.8 Å². The molecule has 0 radical (unpaired) electrons. The van der Waals surface area contributed by atoms with Gasteiger partial charge in [0.15, 0.2) is 5.16 Å². The number of pyridine rings is 1. The van der Waals surface area contributed by atoms with Crippen molar-refractivity contribution in [3.05, 3.63) is 35.7 Å². The zero-order valence-corrected chi connectivity index (χ0v) is 10.6. The lowest BCUT2D eigenvalue weighted by atomic mass is 10.2. The van der Waals surface area contributed by atoms with E-state index in [0.29, 0.717) is 22.5 Å². The van der Waals surface area contributed by atoms with Crippen LogP contribution in [0.3, 0.4) is 0 Å². The molecule has 0 aliphatic rings. The Morgan fingerprint density at radius 1 is 1.26 bits per heavy atom. The number of hydrogen-bond donors (Lipinski definition) is 3. The molecule has 0 aliphatic carbocycles. The van der Waals surface area contributed by atoms with Crippen LogP contribution >= 0.6 is 11.8 Å². The van der Waals surface area contributed by atoms with E-state index in [1.165, 1.54) is 30.1 Å². The molecule has 0 amide bonds. The molecule has 7 nitrogen and oxygen atoms in total. The predicted molar refractivity (Wildman–Crippen MR) is 71.6 cm³/mol. The summed E-state index contributed by atoms with van der Waals surface area (Å²) in [6.45, 7) is 0. The molecule has 0 aromatic carbocycles. The van der Waals surface area contributed by atoms with Crippen LogP contribution in [0.4, 0.5) is 11.6 Å². The van der Waals surface area contributed by atoms with Gasteiger partial charge in [0.05, 0.1) is 0 Å². The summed E-state index contributed by atoms with van der Waals surface area (Å²) in [6, 6.07) is 4.71. The second kappa shape index (κ2) is 5.53. The molecule has 2 rings (SSSR count). The molecule has 0 atom stereocenters. The fraction of sp³-hybridized carbons (Fsp3) is 0.0909. The van der Waals surface area contributed by atoms with Crippen molar-refractivity contribution in [2.45, 2.75) is 10.9 Å². The maximum absolute atomic E-state index is 10.8. The van der Waals surface area contributed by atoms with Gasteiger partial charge >= 0.3 is 5.97 Å². The van der Waals surface area contributed by atoms with Gasteiger partial charge in [0.1, 0.15) is 17.3 Å². The number of thioether (sulfide) groups is 1. The normalized spacial score (nSPS) is 10.3. The van der Waals surface area contributed by atoms with Crippen LogP contribution in [0.1, 0.15) is 16.1 Å². The van der Waals surface area contributed by atoms with Gasteiger partial charge in [-0.2, -0.15) is 0 Å². The molecule has 0 saturated carbocycles. The van der Waals surface area contributed by atoms with E-state index in [9.17, 15) is 4.79 Å². The summed E-state index contributed by atoms with van der Waals surface area (Å²) < 4.78 is 0. The summed E-state index contributed by atoms with van der Waals surface area (Å²) in [5.41, 5.74) is 11.9. The molecular formula is C11H11N5O2S. The van der Waals surface area contributed by atoms with Gasteiger partial charge < -0.3 is 16.6 Å². The number of hydrogen-bond acceptors (Lipinski definition) is 7. The van der Waals surface area contributed by atoms with E-state index in [1.54, 1.807) is 6.07 Å². The number of rotatable bonds is 4. The van der Waals surface area contributed by atoms with Crippen LogP contribution in [-0.4, -0.2) is 26.0 Å².